The van der Waals surface area contributed by atoms with Crippen LogP contribution in [0.3, 0.4) is 0 Å². The number of nitrogens with two attached hydrogens (primary N) is 1. The molecule has 1 saturated carbocycles. The second-order valence-corrected chi connectivity index (χ2v) is 6.30. The molecule has 104 valence electrons. The third kappa shape index (κ3) is 3.37. The molecule has 0 radical (unpaired) electrons. The van der Waals surface area contributed by atoms with E-state index in [4.69, 9.17) is 5.73 Å². The summed E-state index contributed by atoms with van der Waals surface area (Å²) in [6.07, 6.45) is 4.05. The third-order valence-electron chi connectivity index (χ3n) is 4.03. The predicted octanol–water partition coefficient (Wildman–Crippen LogP) is 3.10. The number of nitrogens with zero attached hydrogens (tertiary/aromatic N) is 1. The summed E-state index contributed by atoms with van der Waals surface area (Å²) in [6, 6.07) is 6.42. The van der Waals surface area contributed by atoms with Crippen molar-refractivity contribution in [2.45, 2.75) is 44.7 Å². The lowest BCUT2D eigenvalue weighted by Gasteiger charge is -2.33. The van der Waals surface area contributed by atoms with Gasteiger partial charge in [-0.05, 0) is 50.3 Å². The average molecular weight is 325 g/mol. The molecule has 2 rings (SSSR count). The molecule has 1 aliphatic rings. The first kappa shape index (κ1) is 14.5. The van der Waals surface area contributed by atoms with Crippen molar-refractivity contribution in [3.8, 4) is 0 Å². The van der Waals surface area contributed by atoms with Crippen LogP contribution in [0.5, 0.6) is 0 Å². The highest BCUT2D eigenvalue weighted by atomic mass is 79.9. The van der Waals surface area contributed by atoms with Gasteiger partial charge < -0.3 is 10.6 Å². The zero-order chi connectivity index (χ0) is 14.0. The fourth-order valence-corrected chi connectivity index (χ4v) is 2.96. The molecule has 0 saturated heterocycles. The Morgan fingerprint density at radius 2 is 1.95 bits per heavy atom. The number of amides is 1. The molecule has 2 N–H and O–H groups in total. The van der Waals surface area contributed by atoms with Crippen LogP contribution in [0.25, 0.3) is 0 Å². The SMILES string of the molecule is Cc1ccc(C(=O)N(C)C2CCC(N)CC2)cc1Br. The molecule has 1 aromatic rings. The molecule has 1 fully saturated rings. The number of benzene rings is 1. The maximum absolute atomic E-state index is 12.5. The Hall–Kier alpha value is -0.870. The van der Waals surface area contributed by atoms with Crippen molar-refractivity contribution in [3.05, 3.63) is 33.8 Å². The molecule has 1 aliphatic carbocycles. The van der Waals surface area contributed by atoms with E-state index in [9.17, 15) is 4.79 Å². The summed E-state index contributed by atoms with van der Waals surface area (Å²) in [5.74, 6) is 0.0983. The molecular formula is C15H21BrN2O. The molecule has 0 aromatic heterocycles. The average Bonchev–Trinajstić information content (AvgIpc) is 2.41. The highest BCUT2D eigenvalue weighted by Crippen LogP contribution is 2.24. The molecule has 4 heteroatoms. The van der Waals surface area contributed by atoms with E-state index >= 15 is 0 Å². The van der Waals surface area contributed by atoms with Gasteiger partial charge in [0.05, 0.1) is 0 Å². The third-order valence-corrected chi connectivity index (χ3v) is 4.88. The first-order chi connectivity index (χ1) is 8.99. The molecule has 1 amide bonds. The van der Waals surface area contributed by atoms with Crippen molar-refractivity contribution in [1.82, 2.24) is 4.90 Å². The quantitative estimate of drug-likeness (QED) is 0.908. The zero-order valence-corrected chi connectivity index (χ0v) is 13.1. The Morgan fingerprint density at radius 1 is 1.32 bits per heavy atom. The van der Waals surface area contributed by atoms with Gasteiger partial charge in [-0.2, -0.15) is 0 Å². The van der Waals surface area contributed by atoms with Gasteiger partial charge in [0.15, 0.2) is 0 Å². The van der Waals surface area contributed by atoms with Crippen LogP contribution in [0.15, 0.2) is 22.7 Å². The molecular weight excluding hydrogens is 304 g/mol. The predicted molar refractivity (Wildman–Crippen MR) is 81.2 cm³/mol. The van der Waals surface area contributed by atoms with Crippen LogP contribution in [0.1, 0.15) is 41.6 Å². The van der Waals surface area contributed by atoms with Gasteiger partial charge in [-0.15, -0.1) is 0 Å². The normalized spacial score (nSPS) is 23.2. The van der Waals surface area contributed by atoms with Crippen LogP contribution >= 0.6 is 15.9 Å². The van der Waals surface area contributed by atoms with Gasteiger partial charge in [-0.3, -0.25) is 4.79 Å². The Balaban J connectivity index is 2.08. The molecule has 0 aliphatic heterocycles. The summed E-state index contributed by atoms with van der Waals surface area (Å²) in [6.45, 7) is 2.02. The Labute approximate surface area is 123 Å². The fraction of sp³-hybridized carbons (Fsp3) is 0.533. The van der Waals surface area contributed by atoms with E-state index in [2.05, 4.69) is 15.9 Å². The topological polar surface area (TPSA) is 46.3 Å². The molecule has 0 spiro atoms. The van der Waals surface area contributed by atoms with Crippen molar-refractivity contribution >= 4 is 21.8 Å². The second kappa shape index (κ2) is 6.06. The largest absolute Gasteiger partial charge is 0.339 e. The van der Waals surface area contributed by atoms with E-state index < -0.39 is 0 Å². The van der Waals surface area contributed by atoms with Crippen molar-refractivity contribution in [2.75, 3.05) is 7.05 Å². The van der Waals surface area contributed by atoms with Gasteiger partial charge in [-0.25, -0.2) is 0 Å². The number of carbonyl (C=O) groups excluding carboxylic acids is 1. The standard InChI is InChI=1S/C15H21BrN2O/c1-10-3-4-11(9-14(10)16)15(19)18(2)13-7-5-12(17)6-8-13/h3-4,9,12-13H,5-8,17H2,1-2H3. The van der Waals surface area contributed by atoms with Gasteiger partial charge in [0.2, 0.25) is 0 Å². The smallest absolute Gasteiger partial charge is 0.253 e. The lowest BCUT2D eigenvalue weighted by Crippen LogP contribution is -2.41. The van der Waals surface area contributed by atoms with E-state index in [1.54, 1.807) is 0 Å². The first-order valence-electron chi connectivity index (χ1n) is 6.78. The van der Waals surface area contributed by atoms with Crippen LogP contribution in [-0.4, -0.2) is 29.9 Å². The highest BCUT2D eigenvalue weighted by Gasteiger charge is 2.25. The van der Waals surface area contributed by atoms with Gasteiger partial charge >= 0.3 is 0 Å². The molecule has 0 unspecified atom stereocenters. The Morgan fingerprint density at radius 3 is 2.53 bits per heavy atom. The van der Waals surface area contributed by atoms with Crippen LogP contribution in [-0.2, 0) is 0 Å². The molecule has 3 nitrogen and oxygen atoms in total. The summed E-state index contributed by atoms with van der Waals surface area (Å²) < 4.78 is 0.984. The van der Waals surface area contributed by atoms with E-state index in [1.165, 1.54) is 0 Å². The highest BCUT2D eigenvalue weighted by molar-refractivity contribution is 9.10. The first-order valence-corrected chi connectivity index (χ1v) is 7.57. The van der Waals surface area contributed by atoms with Crippen LogP contribution in [0.2, 0.25) is 0 Å². The van der Waals surface area contributed by atoms with Gasteiger partial charge in [0.1, 0.15) is 0 Å². The molecule has 0 atom stereocenters. The maximum Gasteiger partial charge on any atom is 0.253 e. The Bertz CT molecular complexity index is 467. The van der Waals surface area contributed by atoms with Crippen molar-refractivity contribution < 1.29 is 4.79 Å². The summed E-state index contributed by atoms with van der Waals surface area (Å²) in [5.41, 5.74) is 7.80. The fourth-order valence-electron chi connectivity index (χ4n) is 2.58. The summed E-state index contributed by atoms with van der Waals surface area (Å²) in [7, 11) is 1.90. The van der Waals surface area contributed by atoms with Crippen molar-refractivity contribution in [2.24, 2.45) is 5.73 Å². The lowest BCUT2D eigenvalue weighted by atomic mass is 9.90. The van der Waals surface area contributed by atoms with Crippen LogP contribution in [0, 0.1) is 6.92 Å². The minimum absolute atomic E-state index is 0.0983. The minimum Gasteiger partial charge on any atom is -0.339 e. The summed E-state index contributed by atoms with van der Waals surface area (Å²) in [4.78, 5) is 14.3. The number of aryl methyl sites for hydroxylation is 1. The van der Waals surface area contributed by atoms with E-state index in [0.717, 1.165) is 41.3 Å². The van der Waals surface area contributed by atoms with Crippen molar-refractivity contribution in [1.29, 1.82) is 0 Å². The van der Waals surface area contributed by atoms with Crippen LogP contribution < -0.4 is 5.73 Å². The number of hydrogen-bond acceptors (Lipinski definition) is 2. The van der Waals surface area contributed by atoms with Crippen LogP contribution in [0.4, 0.5) is 0 Å². The molecule has 0 heterocycles. The molecule has 1 aromatic carbocycles. The molecule has 0 bridgehead atoms. The van der Waals surface area contributed by atoms with Crippen molar-refractivity contribution in [3.63, 3.8) is 0 Å². The van der Waals surface area contributed by atoms with Gasteiger partial charge in [0, 0.05) is 29.2 Å². The molecule has 19 heavy (non-hydrogen) atoms. The number of rotatable bonds is 2. The number of halogens is 1. The zero-order valence-electron chi connectivity index (χ0n) is 11.5. The number of carbonyl (C=O) groups is 1. The maximum atomic E-state index is 12.5. The second-order valence-electron chi connectivity index (χ2n) is 5.45. The lowest BCUT2D eigenvalue weighted by molar-refractivity contribution is 0.0690. The summed E-state index contributed by atoms with van der Waals surface area (Å²) in [5, 5.41) is 0. The van der Waals surface area contributed by atoms with E-state index in [1.807, 2.05) is 37.1 Å². The monoisotopic (exact) mass is 324 g/mol. The van der Waals surface area contributed by atoms with Gasteiger partial charge in [0.25, 0.3) is 5.91 Å². The van der Waals surface area contributed by atoms with E-state index in [0.29, 0.717) is 12.1 Å². The number of hydrogen-bond donors (Lipinski definition) is 1. The van der Waals surface area contributed by atoms with Gasteiger partial charge in [-0.1, -0.05) is 22.0 Å². The minimum atomic E-state index is 0.0983. The Kier molecular flexibility index (Phi) is 4.63. The van der Waals surface area contributed by atoms with E-state index in [-0.39, 0.29) is 5.91 Å². The summed E-state index contributed by atoms with van der Waals surface area (Å²) >= 11 is 3.48.